The van der Waals surface area contributed by atoms with E-state index in [0.29, 0.717) is 34.8 Å². The zero-order chi connectivity index (χ0) is 23.7. The molecule has 176 valence electrons. The van der Waals surface area contributed by atoms with Crippen LogP contribution in [-0.2, 0) is 21.4 Å². The number of carbonyl (C=O) groups excluding carboxylic acids is 2. The first-order chi connectivity index (χ1) is 15.3. The number of carbonyl (C=O) groups is 2. The fourth-order valence-corrected chi connectivity index (χ4v) is 3.84. The Kier molecular flexibility index (Phi) is 10.1. The molecule has 0 spiro atoms. The van der Waals surface area contributed by atoms with E-state index >= 15 is 0 Å². The van der Waals surface area contributed by atoms with Crippen LogP contribution in [-0.4, -0.2) is 46.0 Å². The smallest absolute Gasteiger partial charge is 0.306 e. The fourth-order valence-electron chi connectivity index (χ4n) is 3.67. The van der Waals surface area contributed by atoms with Gasteiger partial charge in [-0.05, 0) is 51.4 Å². The number of nitrogens with zero attached hydrogens (tertiary/aromatic N) is 3. The van der Waals surface area contributed by atoms with Crippen molar-refractivity contribution in [3.05, 3.63) is 39.4 Å². The standard InChI is InChI=1S/C23H33ClN4O4/c1-4-32-21(30)12-11-20(29)28(14-8-6-5-7-13-25)16(2)22-26-19-15-17(24)9-10-18(19)23(31)27(22)3/h9-10,15-16H,4-8,11-14,25H2,1-3H3. The molecular weight excluding hydrogens is 432 g/mol. The van der Waals surface area contributed by atoms with Gasteiger partial charge in [-0.25, -0.2) is 4.98 Å². The van der Waals surface area contributed by atoms with Crippen LogP contribution in [0.3, 0.4) is 0 Å². The molecule has 0 saturated heterocycles. The predicted octanol–water partition coefficient (Wildman–Crippen LogP) is 3.34. The number of fused-ring (bicyclic) bond motifs is 1. The summed E-state index contributed by atoms with van der Waals surface area (Å²) in [5, 5.41) is 0.953. The summed E-state index contributed by atoms with van der Waals surface area (Å²) >= 11 is 6.10. The summed E-state index contributed by atoms with van der Waals surface area (Å²) < 4.78 is 6.42. The van der Waals surface area contributed by atoms with Gasteiger partial charge in [0.05, 0.1) is 30.0 Å². The van der Waals surface area contributed by atoms with E-state index in [0.717, 1.165) is 25.7 Å². The molecule has 9 heteroatoms. The van der Waals surface area contributed by atoms with Crippen molar-refractivity contribution < 1.29 is 14.3 Å². The number of halogens is 1. The maximum Gasteiger partial charge on any atom is 0.306 e. The van der Waals surface area contributed by atoms with Crippen LogP contribution >= 0.6 is 11.6 Å². The number of nitrogens with two attached hydrogens (primary N) is 1. The molecular formula is C23H33ClN4O4. The number of hydrogen-bond donors (Lipinski definition) is 1. The lowest BCUT2D eigenvalue weighted by atomic mass is 10.1. The number of rotatable bonds is 12. The van der Waals surface area contributed by atoms with Gasteiger partial charge in [-0.3, -0.25) is 19.0 Å². The molecule has 1 unspecified atom stereocenters. The van der Waals surface area contributed by atoms with Crippen molar-refractivity contribution in [2.24, 2.45) is 12.8 Å². The predicted molar refractivity (Wildman–Crippen MR) is 126 cm³/mol. The Balaban J connectivity index is 2.30. The summed E-state index contributed by atoms with van der Waals surface area (Å²) in [4.78, 5) is 44.0. The minimum absolute atomic E-state index is 0.0166. The van der Waals surface area contributed by atoms with Gasteiger partial charge in [-0.1, -0.05) is 24.4 Å². The Morgan fingerprint density at radius 3 is 2.62 bits per heavy atom. The molecule has 1 heterocycles. The molecule has 2 N–H and O–H groups in total. The summed E-state index contributed by atoms with van der Waals surface area (Å²) in [6, 6.07) is 4.50. The number of unbranched alkanes of at least 4 members (excludes halogenated alkanes) is 3. The maximum absolute atomic E-state index is 13.1. The van der Waals surface area contributed by atoms with Crippen LogP contribution in [0.5, 0.6) is 0 Å². The van der Waals surface area contributed by atoms with E-state index < -0.39 is 12.0 Å². The number of aromatic nitrogens is 2. The van der Waals surface area contributed by atoms with Gasteiger partial charge < -0.3 is 15.4 Å². The second-order valence-electron chi connectivity index (χ2n) is 7.77. The molecule has 0 radical (unpaired) electrons. The van der Waals surface area contributed by atoms with Crippen LogP contribution in [0, 0.1) is 0 Å². The van der Waals surface area contributed by atoms with Gasteiger partial charge in [0, 0.05) is 25.0 Å². The monoisotopic (exact) mass is 464 g/mol. The molecule has 8 nitrogen and oxygen atoms in total. The third-order valence-electron chi connectivity index (χ3n) is 5.44. The van der Waals surface area contributed by atoms with Crippen molar-refractivity contribution >= 4 is 34.4 Å². The molecule has 0 aliphatic carbocycles. The fraction of sp³-hybridized carbons (Fsp3) is 0.565. The van der Waals surface area contributed by atoms with Crippen LogP contribution in [0.1, 0.15) is 64.2 Å². The molecule has 0 bridgehead atoms. The number of ether oxygens (including phenoxy) is 1. The molecule has 0 aliphatic rings. The van der Waals surface area contributed by atoms with Crippen molar-refractivity contribution in [1.29, 1.82) is 0 Å². The van der Waals surface area contributed by atoms with Crippen LogP contribution in [0.4, 0.5) is 0 Å². The van der Waals surface area contributed by atoms with Crippen LogP contribution in [0.15, 0.2) is 23.0 Å². The molecule has 32 heavy (non-hydrogen) atoms. The van der Waals surface area contributed by atoms with E-state index in [2.05, 4.69) is 4.98 Å². The maximum atomic E-state index is 13.1. The zero-order valence-corrected chi connectivity index (χ0v) is 19.9. The van der Waals surface area contributed by atoms with Crippen molar-refractivity contribution in [2.45, 2.75) is 58.4 Å². The average Bonchev–Trinajstić information content (AvgIpc) is 2.76. The molecule has 1 amide bonds. The van der Waals surface area contributed by atoms with Gasteiger partial charge in [0.1, 0.15) is 5.82 Å². The largest absolute Gasteiger partial charge is 0.466 e. The normalized spacial score (nSPS) is 12.0. The minimum Gasteiger partial charge on any atom is -0.466 e. The number of esters is 1. The number of benzene rings is 1. The lowest BCUT2D eigenvalue weighted by Crippen LogP contribution is -2.38. The van der Waals surface area contributed by atoms with Gasteiger partial charge in [-0.15, -0.1) is 0 Å². The molecule has 2 rings (SSSR count). The van der Waals surface area contributed by atoms with E-state index in [1.165, 1.54) is 4.57 Å². The highest BCUT2D eigenvalue weighted by atomic mass is 35.5. The second kappa shape index (κ2) is 12.6. The summed E-state index contributed by atoms with van der Waals surface area (Å²) in [7, 11) is 1.65. The first-order valence-corrected chi connectivity index (χ1v) is 11.5. The van der Waals surface area contributed by atoms with Crippen molar-refractivity contribution in [3.63, 3.8) is 0 Å². The third-order valence-corrected chi connectivity index (χ3v) is 5.67. The first-order valence-electron chi connectivity index (χ1n) is 11.1. The highest BCUT2D eigenvalue weighted by Gasteiger charge is 2.25. The summed E-state index contributed by atoms with van der Waals surface area (Å²) in [5.74, 6) is -0.108. The minimum atomic E-state index is -0.458. The topological polar surface area (TPSA) is 108 Å². The third kappa shape index (κ3) is 6.77. The van der Waals surface area contributed by atoms with E-state index in [4.69, 9.17) is 22.1 Å². The SMILES string of the molecule is CCOC(=O)CCC(=O)N(CCCCCCN)C(C)c1nc2cc(Cl)ccc2c(=O)n1C. The second-order valence-corrected chi connectivity index (χ2v) is 8.20. The first kappa shape index (κ1) is 25.8. The van der Waals surface area contributed by atoms with E-state index in [9.17, 15) is 14.4 Å². The number of hydrogen-bond acceptors (Lipinski definition) is 6. The molecule has 2 aromatic rings. The zero-order valence-electron chi connectivity index (χ0n) is 19.1. The quantitative estimate of drug-likeness (QED) is 0.381. The van der Waals surface area contributed by atoms with Gasteiger partial charge in [-0.2, -0.15) is 0 Å². The highest BCUT2D eigenvalue weighted by molar-refractivity contribution is 6.31. The lowest BCUT2D eigenvalue weighted by Gasteiger charge is -2.30. The molecule has 0 aliphatic heterocycles. The Hall–Kier alpha value is -2.45. The summed E-state index contributed by atoms with van der Waals surface area (Å²) in [6.07, 6.45) is 3.71. The van der Waals surface area contributed by atoms with Crippen molar-refractivity contribution in [2.75, 3.05) is 19.7 Å². The Morgan fingerprint density at radius 2 is 1.94 bits per heavy atom. The van der Waals surface area contributed by atoms with Crippen LogP contribution in [0.25, 0.3) is 10.9 Å². The average molecular weight is 465 g/mol. The van der Waals surface area contributed by atoms with Crippen LogP contribution < -0.4 is 11.3 Å². The van der Waals surface area contributed by atoms with Gasteiger partial charge in [0.25, 0.3) is 5.56 Å². The summed E-state index contributed by atoms with van der Waals surface area (Å²) in [5.41, 5.74) is 5.86. The van der Waals surface area contributed by atoms with Gasteiger partial charge in [0.2, 0.25) is 5.91 Å². The molecule has 0 fully saturated rings. The van der Waals surface area contributed by atoms with Crippen LogP contribution in [0.2, 0.25) is 5.02 Å². The Labute approximate surface area is 193 Å². The summed E-state index contributed by atoms with van der Waals surface area (Å²) in [6.45, 7) is 5.00. The van der Waals surface area contributed by atoms with Crippen molar-refractivity contribution in [1.82, 2.24) is 14.5 Å². The van der Waals surface area contributed by atoms with E-state index in [1.54, 1.807) is 37.1 Å². The van der Waals surface area contributed by atoms with Gasteiger partial charge in [0.15, 0.2) is 0 Å². The van der Waals surface area contributed by atoms with E-state index in [-0.39, 0.29) is 30.9 Å². The molecule has 1 aromatic heterocycles. The van der Waals surface area contributed by atoms with Gasteiger partial charge >= 0.3 is 5.97 Å². The molecule has 1 atom stereocenters. The van der Waals surface area contributed by atoms with E-state index in [1.807, 2.05) is 6.92 Å². The van der Waals surface area contributed by atoms with Crippen molar-refractivity contribution in [3.8, 4) is 0 Å². The Morgan fingerprint density at radius 1 is 1.22 bits per heavy atom. The lowest BCUT2D eigenvalue weighted by molar-refractivity contribution is -0.146. The number of amides is 1. The Bertz CT molecular complexity index is 992. The highest BCUT2D eigenvalue weighted by Crippen LogP contribution is 2.23. The molecule has 0 saturated carbocycles. The molecule has 1 aromatic carbocycles.